The van der Waals surface area contributed by atoms with Crippen molar-refractivity contribution >= 4 is 23.4 Å². The SMILES string of the molecule is COc1ccc(S[C@@H](C)C(=O)NCc2ccc(N3CCCCC3)cc2)cc1OC. The van der Waals surface area contributed by atoms with E-state index in [1.165, 1.54) is 36.7 Å². The van der Waals surface area contributed by atoms with E-state index in [2.05, 4.69) is 34.5 Å². The molecule has 0 bridgehead atoms. The van der Waals surface area contributed by atoms with E-state index in [4.69, 9.17) is 9.47 Å². The molecule has 156 valence electrons. The lowest BCUT2D eigenvalue weighted by Gasteiger charge is -2.28. The highest BCUT2D eigenvalue weighted by Gasteiger charge is 2.16. The van der Waals surface area contributed by atoms with E-state index in [0.29, 0.717) is 18.0 Å². The molecule has 6 heteroatoms. The molecule has 1 heterocycles. The molecule has 1 amide bonds. The zero-order valence-corrected chi connectivity index (χ0v) is 18.3. The Bertz CT molecular complexity index is 804. The van der Waals surface area contributed by atoms with Crippen LogP contribution in [0.2, 0.25) is 0 Å². The largest absolute Gasteiger partial charge is 0.493 e. The highest BCUT2D eigenvalue weighted by atomic mass is 32.2. The van der Waals surface area contributed by atoms with Crippen molar-refractivity contribution in [2.24, 2.45) is 0 Å². The van der Waals surface area contributed by atoms with Crippen LogP contribution in [0.1, 0.15) is 31.7 Å². The van der Waals surface area contributed by atoms with Gasteiger partial charge in [0.25, 0.3) is 0 Å². The maximum absolute atomic E-state index is 12.5. The Morgan fingerprint density at radius 2 is 1.72 bits per heavy atom. The number of rotatable bonds is 8. The summed E-state index contributed by atoms with van der Waals surface area (Å²) in [5, 5.41) is 2.83. The van der Waals surface area contributed by atoms with E-state index in [-0.39, 0.29) is 11.2 Å². The third-order valence-corrected chi connectivity index (χ3v) is 6.26. The van der Waals surface area contributed by atoms with Crippen molar-refractivity contribution < 1.29 is 14.3 Å². The van der Waals surface area contributed by atoms with Crippen LogP contribution in [0.5, 0.6) is 11.5 Å². The summed E-state index contributed by atoms with van der Waals surface area (Å²) in [6.07, 6.45) is 3.88. The third-order valence-electron chi connectivity index (χ3n) is 5.16. The van der Waals surface area contributed by atoms with E-state index in [9.17, 15) is 4.79 Å². The number of hydrogen-bond acceptors (Lipinski definition) is 5. The number of nitrogens with zero attached hydrogens (tertiary/aromatic N) is 1. The summed E-state index contributed by atoms with van der Waals surface area (Å²) in [6.45, 7) is 4.73. The fourth-order valence-corrected chi connectivity index (χ4v) is 4.38. The molecule has 0 spiro atoms. The zero-order chi connectivity index (χ0) is 20.6. The molecule has 0 unspecified atom stereocenters. The van der Waals surface area contributed by atoms with Gasteiger partial charge in [-0.15, -0.1) is 11.8 Å². The van der Waals surface area contributed by atoms with Crippen molar-refractivity contribution in [1.29, 1.82) is 0 Å². The molecular weight excluding hydrogens is 384 g/mol. The van der Waals surface area contributed by atoms with Gasteiger partial charge in [0.15, 0.2) is 11.5 Å². The first-order valence-electron chi connectivity index (χ1n) is 10.1. The van der Waals surface area contributed by atoms with Crippen LogP contribution in [0, 0.1) is 0 Å². The van der Waals surface area contributed by atoms with Gasteiger partial charge in [0.1, 0.15) is 0 Å². The van der Waals surface area contributed by atoms with Gasteiger partial charge in [0, 0.05) is 30.2 Å². The maximum Gasteiger partial charge on any atom is 0.233 e. The van der Waals surface area contributed by atoms with Gasteiger partial charge in [-0.05, 0) is 62.1 Å². The van der Waals surface area contributed by atoms with E-state index in [1.807, 2.05) is 25.1 Å². The molecule has 2 aromatic rings. The van der Waals surface area contributed by atoms with E-state index in [1.54, 1.807) is 14.2 Å². The van der Waals surface area contributed by atoms with Crippen LogP contribution in [0.3, 0.4) is 0 Å². The molecule has 1 fully saturated rings. The highest BCUT2D eigenvalue weighted by molar-refractivity contribution is 8.00. The van der Waals surface area contributed by atoms with Gasteiger partial charge in [-0.25, -0.2) is 0 Å². The lowest BCUT2D eigenvalue weighted by molar-refractivity contribution is -0.120. The summed E-state index contributed by atoms with van der Waals surface area (Å²) < 4.78 is 10.6. The Morgan fingerprint density at radius 1 is 1.03 bits per heavy atom. The maximum atomic E-state index is 12.5. The second-order valence-corrected chi connectivity index (χ2v) is 8.62. The quantitative estimate of drug-likeness (QED) is 0.645. The molecule has 5 nitrogen and oxygen atoms in total. The van der Waals surface area contributed by atoms with E-state index < -0.39 is 0 Å². The van der Waals surface area contributed by atoms with Crippen LogP contribution in [0.15, 0.2) is 47.4 Å². The molecule has 0 radical (unpaired) electrons. The Balaban J connectivity index is 1.51. The molecule has 0 aliphatic carbocycles. The average Bonchev–Trinajstić information content (AvgIpc) is 2.78. The van der Waals surface area contributed by atoms with Gasteiger partial charge >= 0.3 is 0 Å². The molecule has 1 N–H and O–H groups in total. The number of methoxy groups -OCH3 is 2. The van der Waals surface area contributed by atoms with Crippen LogP contribution in [0.25, 0.3) is 0 Å². The number of benzene rings is 2. The predicted molar refractivity (Wildman–Crippen MR) is 119 cm³/mol. The standard InChI is InChI=1S/C23H30N2O3S/c1-17(29-20-11-12-21(27-2)22(15-20)28-3)23(26)24-16-18-7-9-19(10-8-18)25-13-5-4-6-14-25/h7-12,15,17H,4-6,13-14,16H2,1-3H3,(H,24,26)/t17-/m0/s1. The number of amides is 1. The van der Waals surface area contributed by atoms with E-state index >= 15 is 0 Å². The number of hydrogen-bond donors (Lipinski definition) is 1. The fraction of sp³-hybridized carbons (Fsp3) is 0.435. The minimum Gasteiger partial charge on any atom is -0.493 e. The van der Waals surface area contributed by atoms with Crippen LogP contribution in [0.4, 0.5) is 5.69 Å². The monoisotopic (exact) mass is 414 g/mol. The molecule has 1 aliphatic rings. The van der Waals surface area contributed by atoms with Gasteiger partial charge in [-0.2, -0.15) is 0 Å². The number of thioether (sulfide) groups is 1. The number of carbonyl (C=O) groups excluding carboxylic acids is 1. The molecule has 1 saturated heterocycles. The molecule has 1 atom stereocenters. The lowest BCUT2D eigenvalue weighted by Crippen LogP contribution is -2.30. The molecule has 2 aromatic carbocycles. The highest BCUT2D eigenvalue weighted by Crippen LogP contribution is 2.33. The second kappa shape index (κ2) is 10.4. The summed E-state index contributed by atoms with van der Waals surface area (Å²) in [7, 11) is 3.22. The van der Waals surface area contributed by atoms with Crippen LogP contribution < -0.4 is 19.7 Å². The first-order chi connectivity index (χ1) is 14.1. The normalized spacial score (nSPS) is 14.9. The van der Waals surface area contributed by atoms with Gasteiger partial charge in [0.2, 0.25) is 5.91 Å². The number of piperidine rings is 1. The number of nitrogens with one attached hydrogen (secondary N) is 1. The molecular formula is C23H30N2O3S. The smallest absolute Gasteiger partial charge is 0.233 e. The molecule has 1 aliphatic heterocycles. The molecule has 29 heavy (non-hydrogen) atoms. The summed E-state index contributed by atoms with van der Waals surface area (Å²) in [5.74, 6) is 1.37. The van der Waals surface area contributed by atoms with E-state index in [0.717, 1.165) is 23.5 Å². The molecule has 0 saturated carbocycles. The number of anilines is 1. The number of carbonyl (C=O) groups is 1. The van der Waals surface area contributed by atoms with Crippen molar-refractivity contribution in [1.82, 2.24) is 5.32 Å². The van der Waals surface area contributed by atoms with Gasteiger partial charge in [-0.3, -0.25) is 4.79 Å². The van der Waals surface area contributed by atoms with Crippen LogP contribution in [-0.2, 0) is 11.3 Å². The minimum absolute atomic E-state index is 0.0184. The molecule has 0 aromatic heterocycles. The lowest BCUT2D eigenvalue weighted by atomic mass is 10.1. The van der Waals surface area contributed by atoms with Gasteiger partial charge in [0.05, 0.1) is 19.5 Å². The minimum atomic E-state index is -0.208. The number of ether oxygens (including phenoxy) is 2. The first-order valence-corrected chi connectivity index (χ1v) is 11.0. The second-order valence-electron chi connectivity index (χ2n) is 7.21. The average molecular weight is 415 g/mol. The van der Waals surface area contributed by atoms with Gasteiger partial charge in [-0.1, -0.05) is 12.1 Å². The summed E-state index contributed by atoms with van der Waals surface area (Å²) in [4.78, 5) is 15.9. The van der Waals surface area contributed by atoms with Crippen molar-refractivity contribution in [3.05, 3.63) is 48.0 Å². The van der Waals surface area contributed by atoms with Crippen LogP contribution >= 0.6 is 11.8 Å². The van der Waals surface area contributed by atoms with Crippen molar-refractivity contribution in [2.75, 3.05) is 32.2 Å². The summed E-state index contributed by atoms with van der Waals surface area (Å²) in [6, 6.07) is 14.2. The third kappa shape index (κ3) is 5.82. The topological polar surface area (TPSA) is 50.8 Å². The predicted octanol–water partition coefficient (Wildman–Crippen LogP) is 4.49. The zero-order valence-electron chi connectivity index (χ0n) is 17.4. The van der Waals surface area contributed by atoms with Crippen molar-refractivity contribution in [3.8, 4) is 11.5 Å². The molecule has 3 rings (SSSR count). The van der Waals surface area contributed by atoms with Crippen molar-refractivity contribution in [2.45, 2.75) is 42.9 Å². The fourth-order valence-electron chi connectivity index (χ4n) is 3.46. The van der Waals surface area contributed by atoms with Gasteiger partial charge < -0.3 is 19.7 Å². The van der Waals surface area contributed by atoms with Crippen molar-refractivity contribution in [3.63, 3.8) is 0 Å². The van der Waals surface area contributed by atoms with Crippen LogP contribution in [-0.4, -0.2) is 38.5 Å². The summed E-state index contributed by atoms with van der Waals surface area (Å²) >= 11 is 1.50. The Labute approximate surface area is 177 Å². The Morgan fingerprint density at radius 3 is 2.38 bits per heavy atom. The first kappa shape index (κ1) is 21.4. The Kier molecular flexibility index (Phi) is 7.69. The summed E-state index contributed by atoms with van der Waals surface area (Å²) in [5.41, 5.74) is 2.39. The Hall–Kier alpha value is -2.34.